The first kappa shape index (κ1) is 18.1. The van der Waals surface area contributed by atoms with Crippen LogP contribution in [0.15, 0.2) is 0 Å². The summed E-state index contributed by atoms with van der Waals surface area (Å²) >= 11 is 1.58. The summed E-state index contributed by atoms with van der Waals surface area (Å²) in [5, 5.41) is 14.4. The van der Waals surface area contributed by atoms with Gasteiger partial charge >= 0.3 is 12.0 Å². The number of rotatable bonds is 8. The van der Waals surface area contributed by atoms with Crippen LogP contribution < -0.4 is 10.6 Å². The molecule has 21 heavy (non-hydrogen) atoms. The maximum atomic E-state index is 11.7. The third-order valence-electron chi connectivity index (χ3n) is 4.10. The molecule has 2 unspecified atom stereocenters. The van der Waals surface area contributed by atoms with Gasteiger partial charge in [-0.05, 0) is 43.1 Å². The first-order chi connectivity index (χ1) is 10.0. The molecule has 1 aliphatic rings. The van der Waals surface area contributed by atoms with Gasteiger partial charge in [-0.15, -0.1) is 0 Å². The molecular formula is C15H28N2O3S. The minimum atomic E-state index is -0.972. The summed E-state index contributed by atoms with van der Waals surface area (Å²) in [7, 11) is 0. The fourth-order valence-electron chi connectivity index (χ4n) is 2.91. The van der Waals surface area contributed by atoms with Crippen molar-refractivity contribution in [2.45, 2.75) is 51.5 Å². The van der Waals surface area contributed by atoms with Gasteiger partial charge in [-0.3, -0.25) is 0 Å². The molecule has 0 aliphatic heterocycles. The van der Waals surface area contributed by atoms with Crippen LogP contribution >= 0.6 is 11.8 Å². The van der Waals surface area contributed by atoms with E-state index < -0.39 is 12.0 Å². The average Bonchev–Trinajstić information content (AvgIpc) is 2.43. The second kappa shape index (κ2) is 9.92. The van der Waals surface area contributed by atoms with E-state index in [-0.39, 0.29) is 6.03 Å². The van der Waals surface area contributed by atoms with Crippen LogP contribution in [-0.4, -0.2) is 41.7 Å². The lowest BCUT2D eigenvalue weighted by Crippen LogP contribution is -2.46. The molecule has 0 spiro atoms. The third-order valence-corrected chi connectivity index (χ3v) is 4.74. The van der Waals surface area contributed by atoms with Crippen molar-refractivity contribution in [2.24, 2.45) is 11.8 Å². The number of nitrogens with one attached hydrogen (secondary N) is 2. The molecule has 0 radical (unpaired) electrons. The molecule has 0 aromatic heterocycles. The zero-order valence-electron chi connectivity index (χ0n) is 13.1. The van der Waals surface area contributed by atoms with Crippen LogP contribution in [0, 0.1) is 11.8 Å². The van der Waals surface area contributed by atoms with E-state index in [9.17, 15) is 9.59 Å². The maximum absolute atomic E-state index is 11.7. The van der Waals surface area contributed by atoms with E-state index in [0.29, 0.717) is 18.9 Å². The van der Waals surface area contributed by atoms with Crippen molar-refractivity contribution >= 4 is 23.8 Å². The van der Waals surface area contributed by atoms with Crippen LogP contribution in [0.25, 0.3) is 0 Å². The lowest BCUT2D eigenvalue weighted by atomic mass is 9.81. The molecule has 0 aromatic carbocycles. The molecular weight excluding hydrogens is 288 g/mol. The highest BCUT2D eigenvalue weighted by Crippen LogP contribution is 2.30. The van der Waals surface area contributed by atoms with Gasteiger partial charge in [-0.25, -0.2) is 9.59 Å². The topological polar surface area (TPSA) is 78.4 Å². The Morgan fingerprint density at radius 2 is 2.14 bits per heavy atom. The number of carboxylic acid groups (broad SMARTS) is 1. The number of urea groups is 1. The fraction of sp³-hybridized carbons (Fsp3) is 0.867. The molecule has 0 aromatic rings. The Morgan fingerprint density at radius 1 is 1.38 bits per heavy atom. The van der Waals surface area contributed by atoms with E-state index in [1.807, 2.05) is 6.26 Å². The van der Waals surface area contributed by atoms with Crippen LogP contribution in [0.4, 0.5) is 4.79 Å². The highest BCUT2D eigenvalue weighted by atomic mass is 32.2. The van der Waals surface area contributed by atoms with Crippen LogP contribution in [0.2, 0.25) is 0 Å². The average molecular weight is 316 g/mol. The Balaban J connectivity index is 2.21. The van der Waals surface area contributed by atoms with Gasteiger partial charge < -0.3 is 15.7 Å². The fourth-order valence-corrected chi connectivity index (χ4v) is 3.39. The Bertz CT molecular complexity index is 339. The van der Waals surface area contributed by atoms with E-state index in [1.54, 1.807) is 11.8 Å². The molecule has 1 aliphatic carbocycles. The molecule has 2 amide bonds. The second-order valence-electron chi connectivity index (χ2n) is 6.00. The van der Waals surface area contributed by atoms with Gasteiger partial charge in [0.1, 0.15) is 6.04 Å². The number of carbonyl (C=O) groups excluding carboxylic acids is 1. The summed E-state index contributed by atoms with van der Waals surface area (Å²) < 4.78 is 0. The van der Waals surface area contributed by atoms with Gasteiger partial charge in [0.05, 0.1) is 0 Å². The standard InChI is InChI=1S/C15H28N2O3S/c1-11-4-3-5-12(10-11)6-8-16-15(20)17-13(14(18)19)7-9-21-2/h11-13H,3-10H2,1-2H3,(H,18,19)(H2,16,17,20)/t11?,12?,13-/m1/s1. The predicted molar refractivity (Wildman–Crippen MR) is 86.7 cm³/mol. The molecule has 0 saturated heterocycles. The first-order valence-corrected chi connectivity index (χ1v) is 9.18. The van der Waals surface area contributed by atoms with Gasteiger partial charge in [0, 0.05) is 6.54 Å². The van der Waals surface area contributed by atoms with E-state index in [4.69, 9.17) is 5.11 Å². The molecule has 122 valence electrons. The number of hydrogen-bond donors (Lipinski definition) is 3. The molecule has 1 saturated carbocycles. The summed E-state index contributed by atoms with van der Waals surface area (Å²) in [5.41, 5.74) is 0. The van der Waals surface area contributed by atoms with E-state index in [2.05, 4.69) is 17.6 Å². The van der Waals surface area contributed by atoms with Crippen molar-refractivity contribution in [1.82, 2.24) is 10.6 Å². The van der Waals surface area contributed by atoms with Crippen LogP contribution in [0.5, 0.6) is 0 Å². The summed E-state index contributed by atoms with van der Waals surface area (Å²) in [6.07, 6.45) is 8.45. The summed E-state index contributed by atoms with van der Waals surface area (Å²) in [4.78, 5) is 22.8. The summed E-state index contributed by atoms with van der Waals surface area (Å²) in [6, 6.07) is -1.17. The van der Waals surface area contributed by atoms with Crippen molar-refractivity contribution in [2.75, 3.05) is 18.6 Å². The van der Waals surface area contributed by atoms with Gasteiger partial charge in [0.25, 0.3) is 0 Å². The van der Waals surface area contributed by atoms with Gasteiger partial charge in [-0.1, -0.05) is 26.2 Å². The number of amides is 2. The lowest BCUT2D eigenvalue weighted by Gasteiger charge is -2.26. The van der Waals surface area contributed by atoms with E-state index in [0.717, 1.165) is 18.1 Å². The van der Waals surface area contributed by atoms with Crippen LogP contribution in [-0.2, 0) is 4.79 Å². The molecule has 0 bridgehead atoms. The number of aliphatic carboxylic acids is 1. The third kappa shape index (κ3) is 7.60. The molecule has 6 heteroatoms. The molecule has 0 heterocycles. The SMILES string of the molecule is CSCC[C@@H](NC(=O)NCCC1CCCC(C)C1)C(=O)O. The zero-order chi connectivity index (χ0) is 15.7. The molecule has 1 fully saturated rings. The molecule has 5 nitrogen and oxygen atoms in total. The number of hydrogen-bond acceptors (Lipinski definition) is 3. The van der Waals surface area contributed by atoms with E-state index in [1.165, 1.54) is 25.7 Å². The quantitative estimate of drug-likeness (QED) is 0.643. The van der Waals surface area contributed by atoms with Crippen molar-refractivity contribution in [1.29, 1.82) is 0 Å². The number of carbonyl (C=O) groups is 2. The smallest absolute Gasteiger partial charge is 0.326 e. The monoisotopic (exact) mass is 316 g/mol. The number of carboxylic acids is 1. The summed E-state index contributed by atoms with van der Waals surface area (Å²) in [5.74, 6) is 1.23. The van der Waals surface area contributed by atoms with Crippen LogP contribution in [0.3, 0.4) is 0 Å². The van der Waals surface area contributed by atoms with Crippen molar-refractivity contribution in [3.8, 4) is 0 Å². The maximum Gasteiger partial charge on any atom is 0.326 e. The van der Waals surface area contributed by atoms with Gasteiger partial charge in [0.15, 0.2) is 0 Å². The Labute approximate surface area is 131 Å². The zero-order valence-corrected chi connectivity index (χ0v) is 13.9. The van der Waals surface area contributed by atoms with E-state index >= 15 is 0 Å². The Kier molecular flexibility index (Phi) is 8.57. The Morgan fingerprint density at radius 3 is 2.76 bits per heavy atom. The molecule has 3 N–H and O–H groups in total. The van der Waals surface area contributed by atoms with Gasteiger partial charge in [0.2, 0.25) is 0 Å². The summed E-state index contributed by atoms with van der Waals surface area (Å²) in [6.45, 7) is 2.91. The first-order valence-electron chi connectivity index (χ1n) is 7.79. The highest BCUT2D eigenvalue weighted by Gasteiger charge is 2.20. The molecule has 3 atom stereocenters. The predicted octanol–water partition coefficient (Wildman–Crippen LogP) is 2.71. The van der Waals surface area contributed by atoms with Crippen LogP contribution in [0.1, 0.15) is 45.4 Å². The lowest BCUT2D eigenvalue weighted by molar-refractivity contribution is -0.139. The minimum Gasteiger partial charge on any atom is -0.480 e. The number of thioether (sulfide) groups is 1. The Hall–Kier alpha value is -0.910. The second-order valence-corrected chi connectivity index (χ2v) is 6.98. The molecule has 1 rings (SSSR count). The normalized spacial score (nSPS) is 23.3. The van der Waals surface area contributed by atoms with Crippen molar-refractivity contribution < 1.29 is 14.7 Å². The highest BCUT2D eigenvalue weighted by molar-refractivity contribution is 7.98. The van der Waals surface area contributed by atoms with Crippen molar-refractivity contribution in [3.05, 3.63) is 0 Å². The van der Waals surface area contributed by atoms with Gasteiger partial charge in [-0.2, -0.15) is 11.8 Å². The van der Waals surface area contributed by atoms with Crippen molar-refractivity contribution in [3.63, 3.8) is 0 Å². The minimum absolute atomic E-state index is 0.368. The largest absolute Gasteiger partial charge is 0.480 e.